The summed E-state index contributed by atoms with van der Waals surface area (Å²) in [6.45, 7) is 5.74. The first-order valence-electron chi connectivity index (χ1n) is 8.84. The van der Waals surface area contributed by atoms with Crippen molar-refractivity contribution in [2.24, 2.45) is 0 Å². The molecule has 0 amide bonds. The number of phenolic OH excluding ortho intramolecular Hbond substituents is 1. The number of fused-ring (bicyclic) bond motifs is 1. The van der Waals surface area contributed by atoms with Crippen molar-refractivity contribution in [3.8, 4) is 11.5 Å². The van der Waals surface area contributed by atoms with E-state index < -0.39 is 5.63 Å². The predicted octanol–water partition coefficient (Wildman–Crippen LogP) is 2.56. The van der Waals surface area contributed by atoms with E-state index in [9.17, 15) is 14.3 Å². The van der Waals surface area contributed by atoms with Crippen molar-refractivity contribution in [3.05, 3.63) is 69.3 Å². The normalized spacial score (nSPS) is 12.3. The highest BCUT2D eigenvalue weighted by atomic mass is 19.1. The number of quaternary nitrogens is 1. The van der Waals surface area contributed by atoms with Gasteiger partial charge in [-0.1, -0.05) is 0 Å². The highest BCUT2D eigenvalue weighted by Crippen LogP contribution is 2.27. The molecule has 0 bridgehead atoms. The zero-order valence-electron chi connectivity index (χ0n) is 15.6. The summed E-state index contributed by atoms with van der Waals surface area (Å²) in [5, 5.41) is 10.7. The van der Waals surface area contributed by atoms with E-state index in [2.05, 4.69) is 0 Å². The molecule has 5 nitrogen and oxygen atoms in total. The van der Waals surface area contributed by atoms with Crippen LogP contribution in [0.3, 0.4) is 0 Å². The summed E-state index contributed by atoms with van der Waals surface area (Å²) in [6, 6.07) is 9.80. The molecular weight excluding hydrogens is 349 g/mol. The van der Waals surface area contributed by atoms with Gasteiger partial charge in [-0.15, -0.1) is 0 Å². The minimum absolute atomic E-state index is 0.0937. The van der Waals surface area contributed by atoms with Gasteiger partial charge in [0.25, 0.3) is 0 Å². The Bertz CT molecular complexity index is 1030. The third-order valence-electron chi connectivity index (χ3n) is 4.83. The number of ether oxygens (including phenoxy) is 1. The lowest BCUT2D eigenvalue weighted by Crippen LogP contribution is -3.09. The number of rotatable bonds is 6. The van der Waals surface area contributed by atoms with Crippen molar-refractivity contribution >= 4 is 11.0 Å². The second-order valence-electron chi connectivity index (χ2n) is 6.60. The van der Waals surface area contributed by atoms with E-state index in [-0.39, 0.29) is 17.3 Å². The van der Waals surface area contributed by atoms with Crippen molar-refractivity contribution in [1.82, 2.24) is 0 Å². The van der Waals surface area contributed by atoms with Gasteiger partial charge in [-0.2, -0.15) is 0 Å². The molecule has 1 atom stereocenters. The van der Waals surface area contributed by atoms with Crippen LogP contribution in [0.5, 0.6) is 11.5 Å². The van der Waals surface area contributed by atoms with Crippen LogP contribution in [0.15, 0.2) is 45.6 Å². The molecule has 3 rings (SSSR count). The zero-order valence-corrected chi connectivity index (χ0v) is 15.6. The molecule has 27 heavy (non-hydrogen) atoms. The summed E-state index contributed by atoms with van der Waals surface area (Å²) >= 11 is 0. The van der Waals surface area contributed by atoms with Crippen LogP contribution in [0.25, 0.3) is 11.0 Å². The molecule has 0 fully saturated rings. The average Bonchev–Trinajstić information content (AvgIpc) is 2.64. The van der Waals surface area contributed by atoms with E-state index in [0.717, 1.165) is 28.0 Å². The quantitative estimate of drug-likeness (QED) is 0.653. The molecule has 1 unspecified atom stereocenters. The first kappa shape index (κ1) is 18.9. The lowest BCUT2D eigenvalue weighted by molar-refractivity contribution is -0.925. The molecule has 0 saturated heterocycles. The van der Waals surface area contributed by atoms with Crippen LogP contribution >= 0.6 is 0 Å². The van der Waals surface area contributed by atoms with Crippen LogP contribution in [0, 0.1) is 12.7 Å². The Hall–Kier alpha value is -2.86. The second-order valence-corrected chi connectivity index (χ2v) is 6.60. The van der Waals surface area contributed by atoms with E-state index in [1.165, 1.54) is 19.2 Å². The Morgan fingerprint density at radius 3 is 2.63 bits per heavy atom. The van der Waals surface area contributed by atoms with Gasteiger partial charge in [-0.05, 0) is 44.2 Å². The fraction of sp³-hybridized carbons (Fsp3) is 0.286. The molecule has 3 aromatic rings. The Labute approximate surface area is 156 Å². The Morgan fingerprint density at radius 1 is 1.19 bits per heavy atom. The van der Waals surface area contributed by atoms with Crippen molar-refractivity contribution < 1.29 is 23.6 Å². The second kappa shape index (κ2) is 7.80. The molecule has 0 aliphatic rings. The molecule has 0 aliphatic carbocycles. The van der Waals surface area contributed by atoms with Gasteiger partial charge in [0.1, 0.15) is 24.4 Å². The van der Waals surface area contributed by atoms with E-state index in [1.807, 2.05) is 13.0 Å². The Balaban J connectivity index is 1.92. The Morgan fingerprint density at radius 2 is 1.96 bits per heavy atom. The number of benzene rings is 2. The monoisotopic (exact) mass is 372 g/mol. The van der Waals surface area contributed by atoms with Gasteiger partial charge >= 0.3 is 5.63 Å². The molecule has 2 aromatic carbocycles. The lowest BCUT2D eigenvalue weighted by atomic mass is 10.1. The lowest BCUT2D eigenvalue weighted by Gasteiger charge is -2.19. The van der Waals surface area contributed by atoms with E-state index >= 15 is 0 Å². The number of hydrogen-bond acceptors (Lipinski definition) is 4. The highest BCUT2D eigenvalue weighted by molar-refractivity contribution is 5.84. The first-order chi connectivity index (χ1) is 12.9. The zero-order chi connectivity index (χ0) is 19.6. The molecular formula is C21H23FNO4+. The summed E-state index contributed by atoms with van der Waals surface area (Å²) in [4.78, 5) is 13.2. The molecule has 0 spiro atoms. The summed E-state index contributed by atoms with van der Waals surface area (Å²) in [5.41, 5.74) is 2.20. The minimum atomic E-state index is -0.447. The van der Waals surface area contributed by atoms with Crippen LogP contribution in [0.1, 0.15) is 23.6 Å². The van der Waals surface area contributed by atoms with E-state index in [4.69, 9.17) is 9.15 Å². The van der Waals surface area contributed by atoms with E-state index in [0.29, 0.717) is 24.2 Å². The van der Waals surface area contributed by atoms with Crippen LogP contribution in [0.2, 0.25) is 0 Å². The molecule has 0 aliphatic heterocycles. The van der Waals surface area contributed by atoms with Gasteiger partial charge in [0, 0.05) is 28.1 Å². The van der Waals surface area contributed by atoms with Gasteiger partial charge in [-0.3, -0.25) is 0 Å². The van der Waals surface area contributed by atoms with Crippen molar-refractivity contribution in [2.75, 3.05) is 13.7 Å². The molecule has 142 valence electrons. The third kappa shape index (κ3) is 3.95. The maximum atomic E-state index is 14.0. The van der Waals surface area contributed by atoms with Crippen LogP contribution in [-0.4, -0.2) is 18.8 Å². The van der Waals surface area contributed by atoms with Crippen LogP contribution < -0.4 is 15.3 Å². The van der Waals surface area contributed by atoms with Crippen molar-refractivity contribution in [3.63, 3.8) is 0 Å². The molecule has 2 N–H and O–H groups in total. The number of halogens is 1. The van der Waals surface area contributed by atoms with Crippen molar-refractivity contribution in [2.45, 2.75) is 26.9 Å². The van der Waals surface area contributed by atoms with Gasteiger partial charge in [0.15, 0.2) is 11.6 Å². The number of aryl methyl sites for hydroxylation is 1. The SMILES string of the molecule is CC[NH+](Cc1ccc(OC)c(F)c1)Cc1cc(=O)oc2c(C)c(O)ccc12. The largest absolute Gasteiger partial charge is 0.508 e. The molecule has 1 aromatic heterocycles. The summed E-state index contributed by atoms with van der Waals surface area (Å²) in [5.74, 6) is -0.0719. The predicted molar refractivity (Wildman–Crippen MR) is 101 cm³/mol. The van der Waals surface area contributed by atoms with Crippen LogP contribution in [0.4, 0.5) is 4.39 Å². The van der Waals surface area contributed by atoms with Gasteiger partial charge in [-0.25, -0.2) is 9.18 Å². The topological polar surface area (TPSA) is 64.1 Å². The maximum Gasteiger partial charge on any atom is 0.336 e. The van der Waals surface area contributed by atoms with Gasteiger partial charge in [0.2, 0.25) is 0 Å². The summed E-state index contributed by atoms with van der Waals surface area (Å²) < 4.78 is 24.2. The summed E-state index contributed by atoms with van der Waals surface area (Å²) in [7, 11) is 1.44. The number of hydrogen-bond donors (Lipinski definition) is 2. The maximum absolute atomic E-state index is 14.0. The smallest absolute Gasteiger partial charge is 0.336 e. The van der Waals surface area contributed by atoms with Crippen LogP contribution in [-0.2, 0) is 13.1 Å². The fourth-order valence-electron chi connectivity index (χ4n) is 3.25. The molecule has 1 heterocycles. The number of aromatic hydroxyl groups is 1. The number of phenols is 1. The average molecular weight is 372 g/mol. The molecule has 6 heteroatoms. The van der Waals surface area contributed by atoms with Crippen molar-refractivity contribution in [1.29, 1.82) is 0 Å². The molecule has 0 radical (unpaired) electrons. The first-order valence-corrected chi connectivity index (χ1v) is 8.84. The molecule has 0 saturated carbocycles. The van der Waals surface area contributed by atoms with Gasteiger partial charge in [0.05, 0.1) is 13.7 Å². The fourth-order valence-corrected chi connectivity index (χ4v) is 3.25. The number of nitrogens with one attached hydrogen (secondary N) is 1. The Kier molecular flexibility index (Phi) is 5.46. The highest BCUT2D eigenvalue weighted by Gasteiger charge is 2.16. The minimum Gasteiger partial charge on any atom is -0.508 e. The summed E-state index contributed by atoms with van der Waals surface area (Å²) in [6.07, 6.45) is 0. The standard InChI is InChI=1S/C21H22FNO4/c1-4-23(11-14-5-8-19(26-3)17(22)9-14)12-15-10-20(25)27-21-13(2)18(24)7-6-16(15)21/h5-10,24H,4,11-12H2,1-3H3/p+1. The number of methoxy groups -OCH3 is 1. The third-order valence-corrected chi connectivity index (χ3v) is 4.83. The van der Waals surface area contributed by atoms with E-state index in [1.54, 1.807) is 25.1 Å². The van der Waals surface area contributed by atoms with Gasteiger partial charge < -0.3 is 19.2 Å².